The minimum absolute atomic E-state index is 0. The fraction of sp³-hybridized carbons (Fsp3) is 0.667. The molecule has 0 aromatic rings. The molecule has 0 bridgehead atoms. The molecule has 0 atom stereocenters. The Labute approximate surface area is 110 Å². The number of hydrogen-bond acceptors (Lipinski definition) is 4. The molecule has 0 fully saturated rings. The van der Waals surface area contributed by atoms with Crippen LogP contribution < -0.4 is 68.9 Å². The molecule has 0 aromatic heterocycles. The summed E-state index contributed by atoms with van der Waals surface area (Å²) in [7, 11) is -3.12. The second-order valence-electron chi connectivity index (χ2n) is 0.985. The fourth-order valence-corrected chi connectivity index (χ4v) is 0. The molecular weight excluding hydrogens is 193 g/mol. The molecule has 0 heterocycles. The Bertz CT molecular complexity index is 77.4. The Hall–Kier alpha value is 1.78. The molecule has 8 heteroatoms. The van der Waals surface area contributed by atoms with Gasteiger partial charge in [0.25, 0.3) is 0 Å². The predicted octanol–water partition coefficient (Wildman–Crippen LogP) is -7.58. The van der Waals surface area contributed by atoms with E-state index in [-0.39, 0.29) is 65.5 Å². The Morgan fingerprint density at radius 1 is 1.45 bits per heavy atom. The standard InChI is InChI=1S/C3H6O2.2Na.HO3P/c1-2-3(4)5;;;1-4(2)3/h2H2,1H3,(H,4,5);;;1H/q;2*+1;-2. The Morgan fingerprint density at radius 2 is 1.55 bits per heavy atom. The van der Waals surface area contributed by atoms with Crippen LogP contribution in [0.1, 0.15) is 13.3 Å². The summed E-state index contributed by atoms with van der Waals surface area (Å²) >= 11 is 0. The maximum absolute atomic E-state index is 9.37. The summed E-state index contributed by atoms with van der Waals surface area (Å²) in [5.41, 5.74) is 0. The summed E-state index contributed by atoms with van der Waals surface area (Å²) in [4.78, 5) is 33.6. The van der Waals surface area contributed by atoms with E-state index in [1.54, 1.807) is 6.92 Å². The molecule has 0 aliphatic heterocycles. The van der Waals surface area contributed by atoms with Gasteiger partial charge >= 0.3 is 65.1 Å². The first-order chi connectivity index (χ1) is 4.00. The predicted molar refractivity (Wildman–Crippen MR) is 27.1 cm³/mol. The fourth-order valence-electron chi connectivity index (χ4n) is 0. The van der Waals surface area contributed by atoms with E-state index in [4.69, 9.17) is 19.8 Å². The molecule has 0 unspecified atom stereocenters. The molecule has 0 aliphatic carbocycles. The van der Waals surface area contributed by atoms with Crippen LogP contribution in [0, 0.1) is 0 Å². The Morgan fingerprint density at radius 3 is 1.55 bits per heavy atom. The van der Waals surface area contributed by atoms with Gasteiger partial charge in [0, 0.05) is 6.42 Å². The third-order valence-corrected chi connectivity index (χ3v) is 0.302. The molecule has 0 saturated carbocycles. The van der Waals surface area contributed by atoms with Gasteiger partial charge in [-0.05, 0) is 0 Å². The van der Waals surface area contributed by atoms with Gasteiger partial charge in [-0.1, -0.05) is 6.92 Å². The van der Waals surface area contributed by atoms with Crippen molar-refractivity contribution in [2.24, 2.45) is 0 Å². The van der Waals surface area contributed by atoms with Crippen molar-refractivity contribution in [1.82, 2.24) is 0 Å². The second kappa shape index (κ2) is 17.8. The third-order valence-electron chi connectivity index (χ3n) is 0.302. The van der Waals surface area contributed by atoms with E-state index in [1.807, 2.05) is 0 Å². The summed E-state index contributed by atoms with van der Waals surface area (Å²) in [5.74, 6) is -0.745. The van der Waals surface area contributed by atoms with Gasteiger partial charge in [0.15, 0.2) is 0 Å². The van der Waals surface area contributed by atoms with Crippen LogP contribution in [0.25, 0.3) is 0 Å². The van der Waals surface area contributed by atoms with E-state index in [1.165, 1.54) is 0 Å². The maximum Gasteiger partial charge on any atom is 1.00 e. The first kappa shape index (κ1) is 23.0. The van der Waals surface area contributed by atoms with E-state index in [9.17, 15) is 4.79 Å². The summed E-state index contributed by atoms with van der Waals surface area (Å²) in [6.45, 7) is 1.60. The van der Waals surface area contributed by atoms with Crippen molar-refractivity contribution in [3.63, 3.8) is 0 Å². The van der Waals surface area contributed by atoms with Crippen molar-refractivity contribution in [2.45, 2.75) is 13.3 Å². The molecule has 0 saturated heterocycles. The van der Waals surface area contributed by atoms with Crippen LogP contribution in [0.15, 0.2) is 0 Å². The molecule has 0 rings (SSSR count). The van der Waals surface area contributed by atoms with Gasteiger partial charge in [0.05, 0.1) is 0 Å². The first-order valence-corrected chi connectivity index (χ1v) is 3.18. The molecule has 0 amide bonds. The number of carboxylic acids is 1. The van der Waals surface area contributed by atoms with E-state index in [2.05, 4.69) is 0 Å². The summed E-state index contributed by atoms with van der Waals surface area (Å²) in [6.07, 6.45) is 0.222. The largest absolute Gasteiger partial charge is 1.00 e. The number of hydrogen-bond donors (Lipinski definition) is 2. The van der Waals surface area contributed by atoms with Gasteiger partial charge in [-0.25, -0.2) is 0 Å². The molecule has 56 valence electrons. The summed E-state index contributed by atoms with van der Waals surface area (Å²) < 4.78 is 0. The first-order valence-electron chi connectivity index (χ1n) is 2.05. The Kier molecular flexibility index (Phi) is 37.1. The minimum Gasteiger partial charge on any atom is -0.820 e. The van der Waals surface area contributed by atoms with E-state index >= 15 is 0 Å². The SMILES string of the molecule is CCC(=O)O.[Na+].[Na+].[O-]P([O-])O. The summed E-state index contributed by atoms with van der Waals surface area (Å²) in [6, 6.07) is 0. The van der Waals surface area contributed by atoms with Crippen LogP contribution in [0.2, 0.25) is 0 Å². The molecule has 0 aliphatic rings. The van der Waals surface area contributed by atoms with Crippen molar-refractivity contribution in [3.05, 3.63) is 0 Å². The van der Waals surface area contributed by atoms with Crippen molar-refractivity contribution < 1.29 is 83.7 Å². The van der Waals surface area contributed by atoms with Crippen molar-refractivity contribution in [3.8, 4) is 0 Å². The molecule has 0 radical (unpaired) electrons. The molecule has 2 N–H and O–H groups in total. The van der Waals surface area contributed by atoms with Crippen LogP contribution in [0.3, 0.4) is 0 Å². The second-order valence-corrected chi connectivity index (χ2v) is 1.46. The number of carbonyl (C=O) groups is 1. The van der Waals surface area contributed by atoms with Crippen LogP contribution in [-0.4, -0.2) is 16.0 Å². The van der Waals surface area contributed by atoms with Gasteiger partial charge in [-0.2, -0.15) is 8.60 Å². The number of rotatable bonds is 1. The molecule has 0 aromatic carbocycles. The van der Waals surface area contributed by atoms with Gasteiger partial charge < -0.3 is 19.8 Å². The smallest absolute Gasteiger partial charge is 0.820 e. The van der Waals surface area contributed by atoms with Gasteiger partial charge in [0.1, 0.15) is 0 Å². The molecule has 11 heavy (non-hydrogen) atoms. The topological polar surface area (TPSA) is 104 Å². The average Bonchev–Trinajstić information content (AvgIpc) is 1.65. The average molecular weight is 200 g/mol. The van der Waals surface area contributed by atoms with Gasteiger partial charge in [-0.3, -0.25) is 4.79 Å². The quantitative estimate of drug-likeness (QED) is 0.323. The maximum atomic E-state index is 9.37. The zero-order chi connectivity index (χ0) is 7.86. The minimum atomic E-state index is -3.12. The summed E-state index contributed by atoms with van der Waals surface area (Å²) in [5, 5.41) is 7.72. The van der Waals surface area contributed by atoms with Crippen LogP contribution in [0.5, 0.6) is 0 Å². The third kappa shape index (κ3) is 78.9. The van der Waals surface area contributed by atoms with Crippen LogP contribution in [0.4, 0.5) is 0 Å². The molecular formula is C3H7Na2O5P. The van der Waals surface area contributed by atoms with Crippen LogP contribution >= 0.6 is 8.60 Å². The zero-order valence-electron chi connectivity index (χ0n) is 6.77. The number of aliphatic carboxylic acids is 1. The Balaban J connectivity index is -0.0000000383. The van der Waals surface area contributed by atoms with E-state index < -0.39 is 14.6 Å². The van der Waals surface area contributed by atoms with E-state index in [0.29, 0.717) is 0 Å². The van der Waals surface area contributed by atoms with Crippen molar-refractivity contribution in [2.75, 3.05) is 0 Å². The molecule has 5 nitrogen and oxygen atoms in total. The normalized spacial score (nSPS) is 6.64. The van der Waals surface area contributed by atoms with Gasteiger partial charge in [-0.15, -0.1) is 0 Å². The van der Waals surface area contributed by atoms with Crippen molar-refractivity contribution >= 4 is 14.6 Å². The zero-order valence-corrected chi connectivity index (χ0v) is 11.7. The van der Waals surface area contributed by atoms with Gasteiger partial charge in [0.2, 0.25) is 0 Å². The number of carboxylic acid groups (broad SMARTS) is 1. The monoisotopic (exact) mass is 200 g/mol. The van der Waals surface area contributed by atoms with E-state index in [0.717, 1.165) is 0 Å². The molecule has 0 spiro atoms. The van der Waals surface area contributed by atoms with Crippen molar-refractivity contribution in [1.29, 1.82) is 0 Å². The van der Waals surface area contributed by atoms with Crippen LogP contribution in [-0.2, 0) is 4.79 Å².